The van der Waals surface area contributed by atoms with Gasteiger partial charge in [0.05, 0.1) is 0 Å². The van der Waals surface area contributed by atoms with E-state index < -0.39 is 6.04 Å². The second-order valence-electron chi connectivity index (χ2n) is 8.28. The number of carbonyl (C=O) groups is 2. The van der Waals surface area contributed by atoms with Crippen LogP contribution in [0.3, 0.4) is 0 Å². The van der Waals surface area contributed by atoms with Crippen molar-refractivity contribution in [2.75, 3.05) is 11.9 Å². The lowest BCUT2D eigenvalue weighted by Crippen LogP contribution is -2.42. The molecule has 1 fully saturated rings. The molecule has 1 aliphatic heterocycles. The summed E-state index contributed by atoms with van der Waals surface area (Å²) in [5.74, 6) is 0.830. The number of ether oxygens (including phenoxy) is 1. The second kappa shape index (κ2) is 10.3. The minimum absolute atomic E-state index is 0.00578. The van der Waals surface area contributed by atoms with E-state index >= 15 is 0 Å². The molecule has 4 rings (SSSR count). The van der Waals surface area contributed by atoms with Crippen LogP contribution in [0.2, 0.25) is 0 Å². The van der Waals surface area contributed by atoms with Gasteiger partial charge in [0.1, 0.15) is 23.4 Å². The average molecular weight is 447 g/mol. The summed E-state index contributed by atoms with van der Waals surface area (Å²) in [6, 6.07) is 22.4. The van der Waals surface area contributed by atoms with Crippen molar-refractivity contribution < 1.29 is 18.7 Å². The fourth-order valence-electron chi connectivity index (χ4n) is 4.22. The fourth-order valence-corrected chi connectivity index (χ4v) is 4.22. The molecule has 0 aliphatic carbocycles. The van der Waals surface area contributed by atoms with E-state index in [0.717, 1.165) is 6.42 Å². The van der Waals surface area contributed by atoms with Crippen LogP contribution in [0.5, 0.6) is 11.5 Å². The summed E-state index contributed by atoms with van der Waals surface area (Å²) < 4.78 is 18.7. The van der Waals surface area contributed by atoms with Crippen LogP contribution in [0.1, 0.15) is 25.3 Å². The van der Waals surface area contributed by atoms with Crippen LogP contribution < -0.4 is 10.1 Å². The van der Waals surface area contributed by atoms with E-state index in [9.17, 15) is 14.0 Å². The Balaban J connectivity index is 1.40. The van der Waals surface area contributed by atoms with Gasteiger partial charge >= 0.3 is 0 Å². The Bertz CT molecular complexity index is 1080. The molecule has 1 heterocycles. The van der Waals surface area contributed by atoms with Crippen LogP contribution in [0.25, 0.3) is 0 Å². The van der Waals surface area contributed by atoms with Gasteiger partial charge in [-0.05, 0) is 72.9 Å². The molecule has 33 heavy (non-hydrogen) atoms. The van der Waals surface area contributed by atoms with Gasteiger partial charge in [-0.25, -0.2) is 4.39 Å². The van der Waals surface area contributed by atoms with Crippen molar-refractivity contribution in [1.82, 2.24) is 4.90 Å². The number of halogens is 1. The van der Waals surface area contributed by atoms with Gasteiger partial charge in [0.15, 0.2) is 0 Å². The summed E-state index contributed by atoms with van der Waals surface area (Å²) in [7, 11) is 0. The Morgan fingerprint density at radius 2 is 1.61 bits per heavy atom. The van der Waals surface area contributed by atoms with Crippen LogP contribution in [-0.4, -0.2) is 29.3 Å². The fraction of sp³-hybridized carbons (Fsp3) is 0.259. The molecule has 0 aromatic heterocycles. The normalized spacial score (nSPS) is 17.6. The highest BCUT2D eigenvalue weighted by molar-refractivity contribution is 5.97. The van der Waals surface area contributed by atoms with Crippen LogP contribution in [0.15, 0.2) is 78.9 Å². The number of benzene rings is 3. The zero-order chi connectivity index (χ0) is 23.2. The van der Waals surface area contributed by atoms with E-state index in [1.165, 1.54) is 17.7 Å². The third-order valence-corrected chi connectivity index (χ3v) is 5.85. The third kappa shape index (κ3) is 5.77. The molecule has 0 radical (unpaired) electrons. The Kier molecular flexibility index (Phi) is 7.03. The largest absolute Gasteiger partial charge is 0.457 e. The van der Waals surface area contributed by atoms with Gasteiger partial charge in [0, 0.05) is 18.7 Å². The molecular formula is C27H27FN2O3. The quantitative estimate of drug-likeness (QED) is 0.527. The topological polar surface area (TPSA) is 58.6 Å². The molecule has 3 aromatic rings. The predicted molar refractivity (Wildman–Crippen MR) is 126 cm³/mol. The number of hydrogen-bond acceptors (Lipinski definition) is 3. The Morgan fingerprint density at radius 1 is 0.970 bits per heavy atom. The van der Waals surface area contributed by atoms with Gasteiger partial charge in [-0.3, -0.25) is 9.59 Å². The summed E-state index contributed by atoms with van der Waals surface area (Å²) in [6.07, 6.45) is 1.85. The predicted octanol–water partition coefficient (Wildman–Crippen LogP) is 5.43. The van der Waals surface area contributed by atoms with Gasteiger partial charge in [-0.2, -0.15) is 0 Å². The molecule has 1 saturated heterocycles. The smallest absolute Gasteiger partial charge is 0.247 e. The van der Waals surface area contributed by atoms with E-state index in [1.807, 2.05) is 25.1 Å². The average Bonchev–Trinajstić information content (AvgIpc) is 3.26. The molecule has 2 amide bonds. The summed E-state index contributed by atoms with van der Waals surface area (Å²) in [6.45, 7) is 2.41. The first-order valence-corrected chi connectivity index (χ1v) is 11.2. The number of likely N-dealkylation sites (tertiary alicyclic amines) is 1. The first kappa shape index (κ1) is 22.5. The number of rotatable bonds is 7. The lowest BCUT2D eigenvalue weighted by molar-refractivity contribution is -0.136. The van der Waals surface area contributed by atoms with E-state index in [4.69, 9.17) is 4.74 Å². The molecule has 0 saturated carbocycles. The van der Waals surface area contributed by atoms with Crippen molar-refractivity contribution >= 4 is 17.5 Å². The van der Waals surface area contributed by atoms with E-state index in [0.29, 0.717) is 36.6 Å². The molecule has 0 bridgehead atoms. The summed E-state index contributed by atoms with van der Waals surface area (Å²) in [4.78, 5) is 27.3. The molecule has 0 spiro atoms. The highest BCUT2D eigenvalue weighted by Crippen LogP contribution is 2.29. The van der Waals surface area contributed by atoms with Gasteiger partial charge in [0.2, 0.25) is 11.8 Å². The third-order valence-electron chi connectivity index (χ3n) is 5.85. The van der Waals surface area contributed by atoms with Gasteiger partial charge in [-0.1, -0.05) is 37.3 Å². The highest BCUT2D eigenvalue weighted by Gasteiger charge is 2.38. The molecule has 1 aliphatic rings. The molecule has 1 N–H and O–H groups in total. The number of nitrogens with zero attached hydrogens (tertiary/aromatic N) is 1. The number of amides is 2. The van der Waals surface area contributed by atoms with Crippen molar-refractivity contribution in [3.05, 3.63) is 90.2 Å². The van der Waals surface area contributed by atoms with E-state index in [2.05, 4.69) is 17.4 Å². The van der Waals surface area contributed by atoms with Crippen molar-refractivity contribution in [2.24, 2.45) is 5.92 Å². The van der Waals surface area contributed by atoms with E-state index in [1.54, 1.807) is 41.3 Å². The minimum Gasteiger partial charge on any atom is -0.457 e. The van der Waals surface area contributed by atoms with Crippen molar-refractivity contribution in [2.45, 2.75) is 32.2 Å². The summed E-state index contributed by atoms with van der Waals surface area (Å²) in [5.41, 5.74) is 1.84. The van der Waals surface area contributed by atoms with Crippen LogP contribution in [0, 0.1) is 11.7 Å². The molecule has 170 valence electrons. The standard InChI is InChI=1S/C27H27FN2O3/c1-2-26(31)30-18-20(16-19-6-4-3-5-7-19)17-25(30)27(32)29-22-10-14-24(15-11-22)33-23-12-8-21(28)9-13-23/h3-15,20,25H,2,16-18H2,1H3,(H,29,32)/t20-,25+/m1/s1. The summed E-state index contributed by atoms with van der Waals surface area (Å²) in [5, 5.41) is 2.94. The second-order valence-corrected chi connectivity index (χ2v) is 8.28. The molecular weight excluding hydrogens is 419 g/mol. The lowest BCUT2D eigenvalue weighted by atomic mass is 9.96. The zero-order valence-corrected chi connectivity index (χ0v) is 18.5. The first-order chi connectivity index (χ1) is 16.0. The molecule has 6 heteroatoms. The Morgan fingerprint density at radius 3 is 2.24 bits per heavy atom. The lowest BCUT2D eigenvalue weighted by Gasteiger charge is -2.23. The number of hydrogen-bond donors (Lipinski definition) is 1. The number of nitrogens with one attached hydrogen (secondary N) is 1. The van der Waals surface area contributed by atoms with Crippen molar-refractivity contribution in [3.8, 4) is 11.5 Å². The summed E-state index contributed by atoms with van der Waals surface area (Å²) >= 11 is 0. The maximum absolute atomic E-state index is 13.1. The van der Waals surface area contributed by atoms with Gasteiger partial charge in [-0.15, -0.1) is 0 Å². The molecule has 3 aromatic carbocycles. The van der Waals surface area contributed by atoms with Crippen LogP contribution in [0.4, 0.5) is 10.1 Å². The van der Waals surface area contributed by atoms with Gasteiger partial charge in [0.25, 0.3) is 0 Å². The first-order valence-electron chi connectivity index (χ1n) is 11.2. The highest BCUT2D eigenvalue weighted by atomic mass is 19.1. The molecule has 2 atom stereocenters. The van der Waals surface area contributed by atoms with E-state index in [-0.39, 0.29) is 23.5 Å². The maximum Gasteiger partial charge on any atom is 0.247 e. The molecule has 5 nitrogen and oxygen atoms in total. The molecule has 0 unspecified atom stereocenters. The Hall–Kier alpha value is -3.67. The van der Waals surface area contributed by atoms with Crippen LogP contribution >= 0.6 is 0 Å². The number of anilines is 1. The Labute approximate surface area is 193 Å². The van der Waals surface area contributed by atoms with Crippen molar-refractivity contribution in [1.29, 1.82) is 0 Å². The SMILES string of the molecule is CCC(=O)N1C[C@H](Cc2ccccc2)C[C@H]1C(=O)Nc1ccc(Oc2ccc(F)cc2)cc1. The van der Waals surface area contributed by atoms with Crippen molar-refractivity contribution in [3.63, 3.8) is 0 Å². The number of carbonyl (C=O) groups excluding carboxylic acids is 2. The maximum atomic E-state index is 13.1. The van der Waals surface area contributed by atoms with Crippen LogP contribution in [-0.2, 0) is 16.0 Å². The minimum atomic E-state index is -0.485. The monoisotopic (exact) mass is 446 g/mol. The zero-order valence-electron chi connectivity index (χ0n) is 18.5. The van der Waals surface area contributed by atoms with Gasteiger partial charge < -0.3 is 15.0 Å².